The number of fused-ring (bicyclic) bond motifs is 2. The summed E-state index contributed by atoms with van der Waals surface area (Å²) in [7, 11) is 1.58. The third-order valence-electron chi connectivity index (χ3n) is 7.61. The Hall–Kier alpha value is -3.28. The molecule has 0 spiro atoms. The molecule has 2 aromatic heterocycles. The predicted molar refractivity (Wildman–Crippen MR) is 153 cm³/mol. The molecular weight excluding hydrogens is 514 g/mol. The van der Waals surface area contributed by atoms with Gasteiger partial charge in [0, 0.05) is 63.1 Å². The molecule has 0 bridgehead atoms. The number of sulfonamides is 1. The summed E-state index contributed by atoms with van der Waals surface area (Å²) in [6.45, 7) is 7.86. The maximum Gasteiger partial charge on any atom is 0.214 e. The van der Waals surface area contributed by atoms with E-state index in [9.17, 15) is 8.42 Å². The Morgan fingerprint density at radius 1 is 1.13 bits per heavy atom. The highest BCUT2D eigenvalue weighted by Crippen LogP contribution is 2.36. The van der Waals surface area contributed by atoms with E-state index in [0.29, 0.717) is 19.6 Å². The predicted octanol–water partition coefficient (Wildman–Crippen LogP) is 3.17. The molecule has 0 aliphatic carbocycles. The quantitative estimate of drug-likeness (QED) is 0.452. The zero-order valence-electron chi connectivity index (χ0n) is 23.3. The number of hydrogen-bond donors (Lipinski definition) is 1. The van der Waals surface area contributed by atoms with E-state index in [0.717, 1.165) is 53.8 Å². The van der Waals surface area contributed by atoms with Gasteiger partial charge in [-0.15, -0.1) is 0 Å². The van der Waals surface area contributed by atoms with E-state index in [-0.39, 0.29) is 11.2 Å². The van der Waals surface area contributed by atoms with Crippen LogP contribution in [0, 0.1) is 0 Å². The first-order valence-corrected chi connectivity index (χ1v) is 14.8. The molecule has 0 fully saturated rings. The first-order valence-electron chi connectivity index (χ1n) is 13.2. The lowest BCUT2D eigenvalue weighted by Crippen LogP contribution is -2.44. The van der Waals surface area contributed by atoms with Crippen LogP contribution in [0.5, 0.6) is 5.75 Å². The topological polar surface area (TPSA) is 104 Å². The number of methoxy groups -OCH3 is 1. The van der Waals surface area contributed by atoms with Gasteiger partial charge in [-0.3, -0.25) is 4.90 Å². The van der Waals surface area contributed by atoms with E-state index in [1.54, 1.807) is 33.7 Å². The van der Waals surface area contributed by atoms with E-state index in [1.165, 1.54) is 15.4 Å². The first kappa shape index (κ1) is 27.3. The van der Waals surface area contributed by atoms with Crippen molar-refractivity contribution in [3.05, 3.63) is 65.2 Å². The molecule has 0 atom stereocenters. The molecular formula is C28H37N7O3S. The minimum atomic E-state index is -3.24. The summed E-state index contributed by atoms with van der Waals surface area (Å²) in [6.07, 6.45) is 4.17. The summed E-state index contributed by atoms with van der Waals surface area (Å²) >= 11 is 0. The van der Waals surface area contributed by atoms with Crippen molar-refractivity contribution < 1.29 is 13.2 Å². The number of nitrogens with zero attached hydrogens (tertiary/aromatic N) is 6. The van der Waals surface area contributed by atoms with Crippen LogP contribution >= 0.6 is 0 Å². The summed E-state index contributed by atoms with van der Waals surface area (Å²) in [4.78, 5) is 18.1. The van der Waals surface area contributed by atoms with Crippen LogP contribution in [-0.4, -0.2) is 79.2 Å². The molecule has 2 aliphatic heterocycles. The Balaban J connectivity index is 1.34. The number of nitrogens with one attached hydrogen (secondary N) is 1. The Morgan fingerprint density at radius 2 is 1.95 bits per heavy atom. The van der Waals surface area contributed by atoms with Gasteiger partial charge in [-0.1, -0.05) is 19.9 Å². The van der Waals surface area contributed by atoms with Gasteiger partial charge in [0.25, 0.3) is 0 Å². The summed E-state index contributed by atoms with van der Waals surface area (Å²) in [5, 5.41) is 3.54. The third kappa shape index (κ3) is 5.70. The second-order valence-electron chi connectivity index (χ2n) is 11.0. The molecule has 3 aromatic rings. The molecule has 0 saturated heterocycles. The third-order valence-corrected chi connectivity index (χ3v) is 9.42. The van der Waals surface area contributed by atoms with Crippen molar-refractivity contribution in [3.8, 4) is 5.75 Å². The summed E-state index contributed by atoms with van der Waals surface area (Å²) in [5.74, 6) is 2.49. The second kappa shape index (κ2) is 10.7. The summed E-state index contributed by atoms with van der Waals surface area (Å²) < 4.78 is 31.5. The van der Waals surface area contributed by atoms with Gasteiger partial charge in [-0.2, -0.15) is 0 Å². The van der Waals surface area contributed by atoms with Crippen molar-refractivity contribution in [1.29, 1.82) is 0 Å². The molecule has 5 rings (SSSR count). The van der Waals surface area contributed by atoms with Gasteiger partial charge in [0.2, 0.25) is 10.0 Å². The van der Waals surface area contributed by atoms with Gasteiger partial charge in [-0.25, -0.2) is 27.7 Å². The van der Waals surface area contributed by atoms with Crippen LogP contribution in [0.15, 0.2) is 42.9 Å². The van der Waals surface area contributed by atoms with Crippen LogP contribution in [0.25, 0.3) is 0 Å². The number of pyridine rings is 1. The molecule has 10 nitrogen and oxygen atoms in total. The molecule has 11 heteroatoms. The van der Waals surface area contributed by atoms with E-state index in [1.807, 2.05) is 12.1 Å². The van der Waals surface area contributed by atoms with Crippen LogP contribution in [0.3, 0.4) is 0 Å². The van der Waals surface area contributed by atoms with E-state index in [4.69, 9.17) is 4.74 Å². The largest absolute Gasteiger partial charge is 0.493 e. The molecule has 1 N–H and O–H groups in total. The Kier molecular flexibility index (Phi) is 7.49. The number of rotatable bonds is 8. The Morgan fingerprint density at radius 3 is 2.72 bits per heavy atom. The highest BCUT2D eigenvalue weighted by molar-refractivity contribution is 7.89. The van der Waals surface area contributed by atoms with Gasteiger partial charge in [0.1, 0.15) is 12.1 Å². The van der Waals surface area contributed by atoms with Gasteiger partial charge >= 0.3 is 0 Å². The summed E-state index contributed by atoms with van der Waals surface area (Å²) in [5.41, 5.74) is 5.45. The molecule has 0 radical (unpaired) electrons. The van der Waals surface area contributed by atoms with E-state index < -0.39 is 10.0 Å². The number of ether oxygens (including phenoxy) is 1. The average Bonchev–Trinajstić information content (AvgIpc) is 2.91. The van der Waals surface area contributed by atoms with Crippen LogP contribution in [0.1, 0.15) is 36.2 Å². The minimum Gasteiger partial charge on any atom is -0.493 e. The lowest BCUT2D eigenvalue weighted by Gasteiger charge is -2.40. The van der Waals surface area contributed by atoms with Gasteiger partial charge in [0.15, 0.2) is 11.6 Å². The summed E-state index contributed by atoms with van der Waals surface area (Å²) in [6, 6.07) is 10.3. The Bertz CT molecular complexity index is 1460. The average molecular weight is 552 g/mol. The lowest BCUT2D eigenvalue weighted by molar-refractivity contribution is 0.204. The maximum absolute atomic E-state index is 12.4. The monoisotopic (exact) mass is 551 g/mol. The van der Waals surface area contributed by atoms with Gasteiger partial charge in [0.05, 0.1) is 25.1 Å². The van der Waals surface area contributed by atoms with Gasteiger partial charge < -0.3 is 15.0 Å². The van der Waals surface area contributed by atoms with Crippen LogP contribution in [0.2, 0.25) is 0 Å². The molecule has 39 heavy (non-hydrogen) atoms. The number of benzene rings is 1. The zero-order valence-corrected chi connectivity index (χ0v) is 24.1. The van der Waals surface area contributed by atoms with E-state index >= 15 is 0 Å². The number of hydrogen-bond acceptors (Lipinski definition) is 9. The minimum absolute atomic E-state index is 0.0853. The molecule has 0 saturated carbocycles. The van der Waals surface area contributed by atoms with Crippen molar-refractivity contribution >= 4 is 27.3 Å². The fourth-order valence-corrected chi connectivity index (χ4v) is 6.40. The highest BCUT2D eigenvalue weighted by atomic mass is 32.2. The molecule has 4 heterocycles. The standard InChI is InChI=1S/C28H37N7O3S/c1-28(2)18-34(13-14-39(36,37)33(3)4)16-20-15-21(8-9-23(20)28)32-26-22-10-12-35(17-24(22)30-19-31-26)27-25(38-5)7-6-11-29-27/h6-9,11,15,19H,10,12-14,16-18H2,1-5H3,(H,30,31,32). The normalized spacial score (nSPS) is 17.0. The Labute approximate surface area is 231 Å². The fourth-order valence-electron chi connectivity index (χ4n) is 5.55. The molecule has 1 aromatic carbocycles. The lowest BCUT2D eigenvalue weighted by atomic mass is 9.78. The van der Waals surface area contributed by atoms with Gasteiger partial charge in [-0.05, 0) is 41.8 Å². The molecule has 208 valence electrons. The van der Waals surface area contributed by atoms with Crippen LogP contribution in [0.4, 0.5) is 17.3 Å². The van der Waals surface area contributed by atoms with E-state index in [2.05, 4.69) is 62.1 Å². The van der Waals surface area contributed by atoms with Crippen molar-refractivity contribution in [1.82, 2.24) is 24.2 Å². The van der Waals surface area contributed by atoms with Crippen molar-refractivity contribution in [2.75, 3.05) is 56.8 Å². The van der Waals surface area contributed by atoms with Crippen molar-refractivity contribution in [2.45, 2.75) is 38.8 Å². The zero-order chi connectivity index (χ0) is 27.8. The molecule has 2 aliphatic rings. The van der Waals surface area contributed by atoms with Crippen molar-refractivity contribution in [2.24, 2.45) is 0 Å². The number of aromatic nitrogens is 3. The SMILES string of the molecule is COc1cccnc1N1CCc2c(ncnc2Nc2ccc3c(c2)CN(CCS(=O)(=O)N(C)C)CC3(C)C)C1. The highest BCUT2D eigenvalue weighted by Gasteiger charge is 2.32. The second-order valence-corrected chi connectivity index (χ2v) is 13.3. The first-order chi connectivity index (χ1) is 18.6. The van der Waals surface area contributed by atoms with Crippen LogP contribution < -0.4 is 15.0 Å². The fraction of sp³-hybridized carbons (Fsp3) is 0.464. The van der Waals surface area contributed by atoms with Crippen molar-refractivity contribution in [3.63, 3.8) is 0 Å². The van der Waals surface area contributed by atoms with Crippen LogP contribution in [-0.2, 0) is 34.9 Å². The number of anilines is 3. The maximum atomic E-state index is 12.4. The smallest absolute Gasteiger partial charge is 0.214 e. The molecule has 0 amide bonds. The molecule has 0 unspecified atom stereocenters.